The minimum absolute atomic E-state index is 0.0453. The lowest BCUT2D eigenvalue weighted by molar-refractivity contribution is -0.140. The molecule has 138 valence electrons. The summed E-state index contributed by atoms with van der Waals surface area (Å²) in [5.41, 5.74) is 1.21. The Morgan fingerprint density at radius 3 is 2.56 bits per heavy atom. The van der Waals surface area contributed by atoms with E-state index in [0.717, 1.165) is 38.1 Å². The molecule has 0 aromatic heterocycles. The van der Waals surface area contributed by atoms with E-state index >= 15 is 0 Å². The van der Waals surface area contributed by atoms with Crippen molar-refractivity contribution in [1.82, 2.24) is 4.90 Å². The molecule has 0 amide bonds. The Morgan fingerprint density at radius 1 is 1.24 bits per heavy atom. The zero-order valence-electron chi connectivity index (χ0n) is 15.2. The van der Waals surface area contributed by atoms with Gasteiger partial charge in [0.2, 0.25) is 0 Å². The number of methoxy groups -OCH3 is 2. The van der Waals surface area contributed by atoms with Gasteiger partial charge in [0.15, 0.2) is 5.12 Å². The topological polar surface area (TPSA) is 55.8 Å². The first-order chi connectivity index (χ1) is 12.0. The average molecular weight is 365 g/mol. The average Bonchev–Trinajstić information content (AvgIpc) is 2.62. The summed E-state index contributed by atoms with van der Waals surface area (Å²) in [6.07, 6.45) is 3.53. The van der Waals surface area contributed by atoms with Crippen LogP contribution in [0.25, 0.3) is 0 Å². The van der Waals surface area contributed by atoms with Crippen LogP contribution in [0.3, 0.4) is 0 Å². The summed E-state index contributed by atoms with van der Waals surface area (Å²) in [4.78, 5) is 25.9. The predicted molar refractivity (Wildman–Crippen MR) is 99.7 cm³/mol. The second-order valence-electron chi connectivity index (χ2n) is 6.31. The number of piperidine rings is 1. The number of nitrogens with zero attached hydrogens (tertiary/aromatic N) is 1. The first kappa shape index (κ1) is 19.8. The van der Waals surface area contributed by atoms with Gasteiger partial charge in [0.1, 0.15) is 5.75 Å². The molecule has 0 aliphatic carbocycles. The van der Waals surface area contributed by atoms with Gasteiger partial charge in [0.05, 0.1) is 20.6 Å². The Kier molecular flexibility index (Phi) is 7.78. The number of benzene rings is 1. The van der Waals surface area contributed by atoms with E-state index in [2.05, 4.69) is 17.0 Å². The molecule has 2 unspecified atom stereocenters. The molecule has 6 heteroatoms. The zero-order valence-corrected chi connectivity index (χ0v) is 16.0. The van der Waals surface area contributed by atoms with Crippen LogP contribution in [0.15, 0.2) is 24.3 Å². The molecule has 0 radical (unpaired) electrons. The summed E-state index contributed by atoms with van der Waals surface area (Å²) in [7, 11) is 3.06. The van der Waals surface area contributed by atoms with Gasteiger partial charge in [-0.2, -0.15) is 0 Å². The lowest BCUT2D eigenvalue weighted by Crippen LogP contribution is -2.46. The van der Waals surface area contributed by atoms with E-state index in [1.807, 2.05) is 12.1 Å². The monoisotopic (exact) mass is 365 g/mol. The Morgan fingerprint density at radius 2 is 1.96 bits per heavy atom. The fourth-order valence-corrected chi connectivity index (χ4v) is 4.43. The Balaban J connectivity index is 2.12. The maximum absolute atomic E-state index is 11.8. The second kappa shape index (κ2) is 9.82. The molecule has 1 aromatic carbocycles. The predicted octanol–water partition coefficient (Wildman–Crippen LogP) is 3.26. The van der Waals surface area contributed by atoms with Gasteiger partial charge in [-0.3, -0.25) is 14.5 Å². The molecule has 5 nitrogen and oxygen atoms in total. The van der Waals surface area contributed by atoms with Gasteiger partial charge in [0.25, 0.3) is 0 Å². The number of carbonyl (C=O) groups is 2. The van der Waals surface area contributed by atoms with Gasteiger partial charge in [-0.05, 0) is 37.1 Å². The quantitative estimate of drug-likeness (QED) is 0.691. The van der Waals surface area contributed by atoms with E-state index in [1.165, 1.54) is 24.4 Å². The molecule has 0 N–H and O–H groups in total. The Hall–Kier alpha value is -1.53. The number of esters is 1. The fraction of sp³-hybridized carbons (Fsp3) is 0.579. The van der Waals surface area contributed by atoms with Crippen LogP contribution >= 0.6 is 11.8 Å². The van der Waals surface area contributed by atoms with Gasteiger partial charge in [0, 0.05) is 24.8 Å². The van der Waals surface area contributed by atoms with E-state index in [0.29, 0.717) is 0 Å². The Labute approximate surface area is 154 Å². The summed E-state index contributed by atoms with van der Waals surface area (Å²) in [5.74, 6) is 0.586. The molecule has 2 rings (SSSR count). The van der Waals surface area contributed by atoms with Gasteiger partial charge >= 0.3 is 5.97 Å². The fourth-order valence-electron chi connectivity index (χ4n) is 3.32. The molecule has 0 bridgehead atoms. The molecule has 1 aliphatic heterocycles. The van der Waals surface area contributed by atoms with Crippen LogP contribution in [0.5, 0.6) is 5.75 Å². The normalized spacial score (nSPS) is 19.2. The summed E-state index contributed by atoms with van der Waals surface area (Å²) >= 11 is 1.27. The van der Waals surface area contributed by atoms with Gasteiger partial charge in [-0.15, -0.1) is 0 Å². The van der Waals surface area contributed by atoms with E-state index in [9.17, 15) is 9.59 Å². The lowest BCUT2D eigenvalue weighted by atomic mass is 9.96. The summed E-state index contributed by atoms with van der Waals surface area (Å²) in [6.45, 7) is 3.35. The van der Waals surface area contributed by atoms with Crippen molar-refractivity contribution in [2.75, 3.05) is 20.8 Å². The number of likely N-dealkylation sites (tertiary alicyclic amines) is 1. The summed E-state index contributed by atoms with van der Waals surface area (Å²) in [6, 6.07) is 8.26. The number of hydrogen-bond acceptors (Lipinski definition) is 6. The molecule has 0 saturated carbocycles. The lowest BCUT2D eigenvalue weighted by Gasteiger charge is -2.39. The van der Waals surface area contributed by atoms with Crippen molar-refractivity contribution >= 4 is 22.8 Å². The zero-order chi connectivity index (χ0) is 18.2. The first-order valence-electron chi connectivity index (χ1n) is 8.64. The highest BCUT2D eigenvalue weighted by Gasteiger charge is 2.33. The van der Waals surface area contributed by atoms with Crippen LogP contribution in [0.4, 0.5) is 0 Å². The number of ether oxygens (including phenoxy) is 2. The van der Waals surface area contributed by atoms with Gasteiger partial charge in [-0.1, -0.05) is 30.3 Å². The third-order valence-corrected chi connectivity index (χ3v) is 5.67. The number of hydrogen-bond donors (Lipinski definition) is 0. The maximum Gasteiger partial charge on any atom is 0.306 e. The SMILES string of the molecule is COC(=O)CC(SC(C)=O)C1CCCCN1Cc1ccc(OC)cc1. The van der Waals surface area contributed by atoms with Crippen LogP contribution in [-0.4, -0.2) is 48.0 Å². The molecule has 1 aromatic rings. The van der Waals surface area contributed by atoms with E-state index in [1.54, 1.807) is 14.0 Å². The standard InChI is InChI=1S/C19H27NO4S/c1-14(21)25-18(12-19(22)24-3)17-6-4-5-11-20(17)13-15-7-9-16(23-2)10-8-15/h7-10,17-18H,4-6,11-13H2,1-3H3. The molecule has 0 spiro atoms. The second-order valence-corrected chi connectivity index (χ2v) is 7.73. The van der Waals surface area contributed by atoms with Crippen LogP contribution in [0.1, 0.15) is 38.2 Å². The molecule has 2 atom stereocenters. The third-order valence-electron chi connectivity index (χ3n) is 4.55. The van der Waals surface area contributed by atoms with Crippen molar-refractivity contribution in [3.8, 4) is 5.75 Å². The summed E-state index contributed by atoms with van der Waals surface area (Å²) in [5, 5.41) is -0.0210. The van der Waals surface area contributed by atoms with Crippen molar-refractivity contribution < 1.29 is 19.1 Å². The van der Waals surface area contributed by atoms with Crippen molar-refractivity contribution in [2.24, 2.45) is 0 Å². The molecule has 25 heavy (non-hydrogen) atoms. The highest BCUT2D eigenvalue weighted by Crippen LogP contribution is 2.31. The van der Waals surface area contributed by atoms with Crippen LogP contribution in [-0.2, 0) is 20.9 Å². The minimum Gasteiger partial charge on any atom is -0.497 e. The van der Waals surface area contributed by atoms with Crippen molar-refractivity contribution in [1.29, 1.82) is 0 Å². The first-order valence-corrected chi connectivity index (χ1v) is 9.52. The van der Waals surface area contributed by atoms with Crippen molar-refractivity contribution in [3.63, 3.8) is 0 Å². The number of thioether (sulfide) groups is 1. The highest BCUT2D eigenvalue weighted by molar-refractivity contribution is 8.14. The van der Waals surface area contributed by atoms with E-state index in [4.69, 9.17) is 9.47 Å². The number of carbonyl (C=O) groups excluding carboxylic acids is 2. The van der Waals surface area contributed by atoms with Crippen molar-refractivity contribution in [2.45, 2.75) is 50.4 Å². The van der Waals surface area contributed by atoms with Gasteiger partial charge < -0.3 is 9.47 Å². The molecule has 1 saturated heterocycles. The Bertz CT molecular complexity index is 575. The van der Waals surface area contributed by atoms with Crippen LogP contribution in [0, 0.1) is 0 Å². The van der Waals surface area contributed by atoms with Gasteiger partial charge in [-0.25, -0.2) is 0 Å². The third kappa shape index (κ3) is 6.04. The summed E-state index contributed by atoms with van der Waals surface area (Å²) < 4.78 is 10.0. The van der Waals surface area contributed by atoms with Crippen LogP contribution < -0.4 is 4.74 Å². The number of rotatable bonds is 7. The molecule has 1 fully saturated rings. The molecule has 1 aliphatic rings. The highest BCUT2D eigenvalue weighted by atomic mass is 32.2. The van der Waals surface area contributed by atoms with Crippen LogP contribution in [0.2, 0.25) is 0 Å². The minimum atomic E-state index is -0.256. The smallest absolute Gasteiger partial charge is 0.306 e. The molecular formula is C19H27NO4S. The molecular weight excluding hydrogens is 338 g/mol. The molecule has 1 heterocycles. The van der Waals surface area contributed by atoms with E-state index in [-0.39, 0.29) is 28.8 Å². The largest absolute Gasteiger partial charge is 0.497 e. The van der Waals surface area contributed by atoms with Crippen molar-refractivity contribution in [3.05, 3.63) is 29.8 Å². The van der Waals surface area contributed by atoms with E-state index < -0.39 is 0 Å². The maximum atomic E-state index is 11.8.